The molecule has 0 saturated carbocycles. The summed E-state index contributed by atoms with van der Waals surface area (Å²) >= 11 is 1.47. The van der Waals surface area contributed by atoms with E-state index in [0.29, 0.717) is 5.92 Å². The summed E-state index contributed by atoms with van der Waals surface area (Å²) in [6.45, 7) is 6.04. The van der Waals surface area contributed by atoms with Gasteiger partial charge in [0, 0.05) is 11.6 Å². The highest BCUT2D eigenvalue weighted by Crippen LogP contribution is 2.28. The highest BCUT2D eigenvalue weighted by atomic mass is 32.1. The van der Waals surface area contributed by atoms with Crippen LogP contribution < -0.4 is 10.6 Å². The molecular formula is C17H21N3OS. The van der Waals surface area contributed by atoms with Crippen LogP contribution >= 0.6 is 11.3 Å². The second kappa shape index (κ2) is 6.58. The number of aryl methyl sites for hydroxylation is 1. The van der Waals surface area contributed by atoms with E-state index in [2.05, 4.69) is 22.5 Å². The van der Waals surface area contributed by atoms with Gasteiger partial charge in [0.2, 0.25) is 0 Å². The third kappa shape index (κ3) is 3.20. The molecule has 1 aromatic heterocycles. The monoisotopic (exact) mass is 315 g/mol. The summed E-state index contributed by atoms with van der Waals surface area (Å²) in [6.07, 6.45) is 0.978. The molecule has 0 bridgehead atoms. The van der Waals surface area contributed by atoms with E-state index in [1.165, 1.54) is 11.3 Å². The van der Waals surface area contributed by atoms with Gasteiger partial charge < -0.3 is 10.6 Å². The number of nitrogens with one attached hydrogen (secondary N) is 2. The number of thiazole rings is 1. The molecule has 1 aliphatic rings. The van der Waals surface area contributed by atoms with Gasteiger partial charge in [-0.15, -0.1) is 11.3 Å². The number of amides is 1. The van der Waals surface area contributed by atoms with Crippen LogP contribution in [-0.2, 0) is 0 Å². The van der Waals surface area contributed by atoms with E-state index in [0.717, 1.165) is 40.7 Å². The quantitative estimate of drug-likeness (QED) is 0.916. The second-order valence-corrected chi connectivity index (χ2v) is 7.03. The van der Waals surface area contributed by atoms with Crippen molar-refractivity contribution in [1.82, 2.24) is 15.6 Å². The molecule has 2 atom stereocenters. The van der Waals surface area contributed by atoms with Crippen molar-refractivity contribution >= 4 is 17.2 Å². The van der Waals surface area contributed by atoms with Gasteiger partial charge in [0.05, 0.1) is 10.7 Å². The molecule has 22 heavy (non-hydrogen) atoms. The fourth-order valence-corrected chi connectivity index (χ4v) is 3.68. The zero-order chi connectivity index (χ0) is 15.5. The molecule has 3 rings (SSSR count). The van der Waals surface area contributed by atoms with Gasteiger partial charge in [-0.3, -0.25) is 4.79 Å². The van der Waals surface area contributed by atoms with Crippen LogP contribution in [0.5, 0.6) is 0 Å². The van der Waals surface area contributed by atoms with Crippen LogP contribution in [0.15, 0.2) is 30.3 Å². The van der Waals surface area contributed by atoms with Crippen LogP contribution in [0.25, 0.3) is 11.3 Å². The Morgan fingerprint density at radius 3 is 2.86 bits per heavy atom. The zero-order valence-electron chi connectivity index (χ0n) is 12.9. The first-order valence-electron chi connectivity index (χ1n) is 7.69. The number of aromatic nitrogens is 1. The summed E-state index contributed by atoms with van der Waals surface area (Å²) in [5, 5.41) is 7.48. The van der Waals surface area contributed by atoms with Crippen LogP contribution in [0.4, 0.5) is 0 Å². The van der Waals surface area contributed by atoms with E-state index < -0.39 is 0 Å². The summed E-state index contributed by atoms with van der Waals surface area (Å²) in [6, 6.07) is 10.1. The number of hydrogen-bond acceptors (Lipinski definition) is 4. The minimum absolute atomic E-state index is 0.00297. The van der Waals surface area contributed by atoms with Crippen molar-refractivity contribution in [3.05, 3.63) is 40.2 Å². The molecule has 1 aliphatic heterocycles. The molecule has 1 fully saturated rings. The van der Waals surface area contributed by atoms with Crippen LogP contribution in [0.3, 0.4) is 0 Å². The maximum Gasteiger partial charge on any atom is 0.263 e. The van der Waals surface area contributed by atoms with Crippen molar-refractivity contribution in [3.8, 4) is 11.3 Å². The smallest absolute Gasteiger partial charge is 0.263 e. The molecule has 5 heteroatoms. The normalized spacial score (nSPS) is 21.5. The number of carbonyl (C=O) groups is 1. The van der Waals surface area contributed by atoms with Gasteiger partial charge in [0.15, 0.2) is 0 Å². The third-order valence-electron chi connectivity index (χ3n) is 4.09. The number of rotatable bonds is 3. The number of hydrogen-bond donors (Lipinski definition) is 2. The van der Waals surface area contributed by atoms with Gasteiger partial charge in [-0.05, 0) is 32.4 Å². The van der Waals surface area contributed by atoms with Crippen molar-refractivity contribution in [2.24, 2.45) is 5.92 Å². The highest BCUT2D eigenvalue weighted by Gasteiger charge is 2.25. The molecule has 1 amide bonds. The summed E-state index contributed by atoms with van der Waals surface area (Å²) < 4.78 is 0. The summed E-state index contributed by atoms with van der Waals surface area (Å²) in [7, 11) is 0. The lowest BCUT2D eigenvalue weighted by Gasteiger charge is -2.30. The second-order valence-electron chi connectivity index (χ2n) is 5.83. The molecule has 2 heterocycles. The molecule has 2 unspecified atom stereocenters. The Balaban J connectivity index is 1.84. The molecule has 1 saturated heterocycles. The molecule has 2 aromatic rings. The van der Waals surface area contributed by atoms with Gasteiger partial charge >= 0.3 is 0 Å². The van der Waals surface area contributed by atoms with E-state index in [9.17, 15) is 4.79 Å². The van der Waals surface area contributed by atoms with Crippen molar-refractivity contribution < 1.29 is 4.79 Å². The van der Waals surface area contributed by atoms with Gasteiger partial charge in [0.1, 0.15) is 4.88 Å². The first kappa shape index (κ1) is 15.2. The van der Waals surface area contributed by atoms with Crippen LogP contribution in [-0.4, -0.2) is 30.0 Å². The largest absolute Gasteiger partial charge is 0.348 e. The van der Waals surface area contributed by atoms with Crippen LogP contribution in [0.1, 0.15) is 28.0 Å². The lowest BCUT2D eigenvalue weighted by atomic mass is 9.95. The van der Waals surface area contributed by atoms with Crippen LogP contribution in [0.2, 0.25) is 0 Å². The lowest BCUT2D eigenvalue weighted by molar-refractivity contribution is 0.0919. The first-order chi connectivity index (χ1) is 10.6. The Morgan fingerprint density at radius 1 is 1.36 bits per heavy atom. The number of carbonyl (C=O) groups excluding carboxylic acids is 1. The topological polar surface area (TPSA) is 54.0 Å². The molecular weight excluding hydrogens is 294 g/mol. The van der Waals surface area contributed by atoms with Crippen molar-refractivity contribution in [2.75, 3.05) is 13.1 Å². The van der Waals surface area contributed by atoms with Crippen molar-refractivity contribution in [2.45, 2.75) is 26.3 Å². The maximum atomic E-state index is 12.7. The summed E-state index contributed by atoms with van der Waals surface area (Å²) in [5.74, 6) is 0.454. The number of piperidine rings is 1. The van der Waals surface area contributed by atoms with E-state index >= 15 is 0 Å². The lowest BCUT2D eigenvalue weighted by Crippen LogP contribution is -2.48. The molecule has 0 aliphatic carbocycles. The van der Waals surface area contributed by atoms with Crippen molar-refractivity contribution in [3.63, 3.8) is 0 Å². The van der Waals surface area contributed by atoms with E-state index in [4.69, 9.17) is 0 Å². The minimum atomic E-state index is 0.00297. The Hall–Kier alpha value is -1.72. The van der Waals surface area contributed by atoms with E-state index in [-0.39, 0.29) is 11.9 Å². The maximum absolute atomic E-state index is 12.7. The van der Waals surface area contributed by atoms with E-state index in [1.54, 1.807) is 0 Å². The number of benzene rings is 1. The average molecular weight is 315 g/mol. The van der Waals surface area contributed by atoms with Gasteiger partial charge in [-0.2, -0.15) is 0 Å². The summed E-state index contributed by atoms with van der Waals surface area (Å²) in [5.41, 5.74) is 1.79. The first-order valence-corrected chi connectivity index (χ1v) is 8.51. The standard InChI is InChI=1S/C17H21N3OS/c1-11-10-18-9-8-14(11)20-17(21)16-15(19-12(2)22-16)13-6-4-3-5-7-13/h3-7,11,14,18H,8-10H2,1-2H3,(H,20,21). The SMILES string of the molecule is Cc1nc(-c2ccccc2)c(C(=O)NC2CCNCC2C)s1. The fraction of sp³-hybridized carbons (Fsp3) is 0.412. The Labute approximate surface area is 135 Å². The average Bonchev–Trinajstić information content (AvgIpc) is 2.92. The number of nitrogens with zero attached hydrogens (tertiary/aromatic N) is 1. The van der Waals surface area contributed by atoms with E-state index in [1.807, 2.05) is 37.3 Å². The van der Waals surface area contributed by atoms with Gasteiger partial charge in [0.25, 0.3) is 5.91 Å². The van der Waals surface area contributed by atoms with Gasteiger partial charge in [-0.25, -0.2) is 4.98 Å². The summed E-state index contributed by atoms with van der Waals surface area (Å²) in [4.78, 5) is 18.0. The molecule has 4 nitrogen and oxygen atoms in total. The molecule has 1 aromatic carbocycles. The molecule has 2 N–H and O–H groups in total. The Morgan fingerprint density at radius 2 is 2.14 bits per heavy atom. The Bertz CT molecular complexity index is 653. The molecule has 0 radical (unpaired) electrons. The third-order valence-corrected chi connectivity index (χ3v) is 5.06. The molecule has 116 valence electrons. The Kier molecular flexibility index (Phi) is 4.55. The highest BCUT2D eigenvalue weighted by molar-refractivity contribution is 7.14. The minimum Gasteiger partial charge on any atom is -0.348 e. The zero-order valence-corrected chi connectivity index (χ0v) is 13.7. The predicted molar refractivity (Wildman–Crippen MR) is 90.2 cm³/mol. The molecule has 0 spiro atoms. The van der Waals surface area contributed by atoms with Crippen molar-refractivity contribution in [1.29, 1.82) is 0 Å². The fourth-order valence-electron chi connectivity index (χ4n) is 2.84. The predicted octanol–water partition coefficient (Wildman–Crippen LogP) is 2.85. The van der Waals surface area contributed by atoms with Crippen LogP contribution in [0, 0.1) is 12.8 Å². The van der Waals surface area contributed by atoms with Gasteiger partial charge in [-0.1, -0.05) is 37.3 Å².